The van der Waals surface area contributed by atoms with Crippen molar-refractivity contribution in [1.82, 2.24) is 19.5 Å². The average Bonchev–Trinajstić information content (AvgIpc) is 3.79. The van der Waals surface area contributed by atoms with Gasteiger partial charge in [0.2, 0.25) is 5.95 Å². The Morgan fingerprint density at radius 3 is 1.12 bits per heavy atom. The summed E-state index contributed by atoms with van der Waals surface area (Å²) in [7, 11) is 0. The van der Waals surface area contributed by atoms with Gasteiger partial charge in [0, 0.05) is 27.5 Å². The fraction of sp³-hybridized carbons (Fsp3) is 0.0308. The minimum Gasteiger partial charge on any atom is -0.277 e. The second-order valence-electron chi connectivity index (χ2n) is 16.8. The molecule has 0 atom stereocenters. The summed E-state index contributed by atoms with van der Waals surface area (Å²) in [4.78, 5) is 15.7. The molecular formula is C65H48N4. The Morgan fingerprint density at radius 1 is 0.261 bits per heavy atom. The van der Waals surface area contributed by atoms with Crippen molar-refractivity contribution in [1.29, 1.82) is 0 Å². The van der Waals surface area contributed by atoms with Crippen molar-refractivity contribution in [2.75, 3.05) is 0 Å². The quantitative estimate of drug-likeness (QED) is 0.145. The van der Waals surface area contributed by atoms with Crippen LogP contribution in [0.4, 0.5) is 0 Å². The molecule has 10 aromatic carbocycles. The summed E-state index contributed by atoms with van der Waals surface area (Å²) in [5.74, 6) is 1.78. The van der Waals surface area contributed by atoms with E-state index in [2.05, 4.69) is 223 Å². The van der Waals surface area contributed by atoms with Crippen molar-refractivity contribution in [2.45, 2.75) is 13.8 Å². The molecule has 12 rings (SSSR count). The standard InChI is InChI=1S/C63H42N4.C2H6/c1-6-20-43(21-7-1)48-30-18-31-49(36-48)55-41-57(51-33-19-32-50(37-51)54-39-52(44-22-8-2-9-23-44)38-53(40-54)45-24-10-3-11-25-45)60-58(42-55)56-34-16-17-35-59(56)67(60)63-65-61(46-26-12-4-13-27-46)64-62(66-63)47-28-14-5-15-29-47;1-2/h1-42H;1-2H3. The second-order valence-corrected chi connectivity index (χ2v) is 16.8. The van der Waals surface area contributed by atoms with Gasteiger partial charge in [-0.25, -0.2) is 4.98 Å². The minimum atomic E-state index is 0.554. The molecule has 12 aromatic rings. The number of hydrogen-bond donors (Lipinski definition) is 0. The van der Waals surface area contributed by atoms with E-state index in [1.807, 2.05) is 50.2 Å². The van der Waals surface area contributed by atoms with Crippen LogP contribution in [0.5, 0.6) is 0 Å². The van der Waals surface area contributed by atoms with Crippen molar-refractivity contribution in [3.8, 4) is 95.5 Å². The molecule has 328 valence electrons. The third-order valence-corrected chi connectivity index (χ3v) is 12.6. The van der Waals surface area contributed by atoms with E-state index >= 15 is 0 Å². The smallest absolute Gasteiger partial charge is 0.238 e. The Kier molecular flexibility index (Phi) is 11.8. The summed E-state index contributed by atoms with van der Waals surface area (Å²) in [5, 5.41) is 2.22. The molecule has 0 aliphatic rings. The summed E-state index contributed by atoms with van der Waals surface area (Å²) in [6, 6.07) is 90.4. The first-order valence-corrected chi connectivity index (χ1v) is 23.7. The summed E-state index contributed by atoms with van der Waals surface area (Å²) in [5.41, 5.74) is 17.6. The Hall–Kier alpha value is -8.99. The van der Waals surface area contributed by atoms with Crippen molar-refractivity contribution in [2.24, 2.45) is 0 Å². The molecule has 0 saturated carbocycles. The van der Waals surface area contributed by atoms with Crippen LogP contribution in [0, 0.1) is 0 Å². The van der Waals surface area contributed by atoms with E-state index in [0.29, 0.717) is 17.6 Å². The summed E-state index contributed by atoms with van der Waals surface area (Å²) < 4.78 is 2.25. The van der Waals surface area contributed by atoms with E-state index in [-0.39, 0.29) is 0 Å². The molecule has 0 N–H and O–H groups in total. The Labute approximate surface area is 403 Å². The molecule has 4 nitrogen and oxygen atoms in total. The maximum Gasteiger partial charge on any atom is 0.238 e. The van der Waals surface area contributed by atoms with E-state index in [0.717, 1.165) is 66.3 Å². The molecule has 0 unspecified atom stereocenters. The maximum atomic E-state index is 5.32. The monoisotopic (exact) mass is 884 g/mol. The first-order valence-electron chi connectivity index (χ1n) is 23.7. The molecule has 0 fully saturated rings. The van der Waals surface area contributed by atoms with Gasteiger partial charge < -0.3 is 0 Å². The highest BCUT2D eigenvalue weighted by atomic mass is 15.2. The summed E-state index contributed by atoms with van der Waals surface area (Å²) >= 11 is 0. The lowest BCUT2D eigenvalue weighted by molar-refractivity contribution is 0.954. The number of aromatic nitrogens is 4. The van der Waals surface area contributed by atoms with E-state index in [1.165, 1.54) is 33.4 Å². The minimum absolute atomic E-state index is 0.554. The van der Waals surface area contributed by atoms with Gasteiger partial charge >= 0.3 is 0 Å². The zero-order chi connectivity index (χ0) is 46.5. The molecule has 2 heterocycles. The molecule has 0 saturated heterocycles. The molecule has 4 heteroatoms. The fourth-order valence-corrected chi connectivity index (χ4v) is 9.35. The van der Waals surface area contributed by atoms with E-state index < -0.39 is 0 Å². The van der Waals surface area contributed by atoms with Crippen LogP contribution in [0.2, 0.25) is 0 Å². The number of fused-ring (bicyclic) bond motifs is 3. The van der Waals surface area contributed by atoms with Crippen LogP contribution >= 0.6 is 0 Å². The predicted molar refractivity (Wildman–Crippen MR) is 289 cm³/mol. The van der Waals surface area contributed by atoms with Crippen LogP contribution in [-0.2, 0) is 0 Å². The molecule has 2 aromatic heterocycles. The van der Waals surface area contributed by atoms with Gasteiger partial charge in [-0.3, -0.25) is 4.57 Å². The van der Waals surface area contributed by atoms with Gasteiger partial charge in [-0.1, -0.05) is 220 Å². The lowest BCUT2D eigenvalue weighted by Gasteiger charge is -2.16. The van der Waals surface area contributed by atoms with Crippen molar-refractivity contribution < 1.29 is 0 Å². The molecular weight excluding hydrogens is 837 g/mol. The van der Waals surface area contributed by atoms with Gasteiger partial charge in [0.15, 0.2) is 11.6 Å². The molecule has 0 aliphatic heterocycles. The molecule has 0 bridgehead atoms. The highest BCUT2D eigenvalue weighted by Gasteiger charge is 2.22. The van der Waals surface area contributed by atoms with Crippen molar-refractivity contribution in [3.63, 3.8) is 0 Å². The normalized spacial score (nSPS) is 11.0. The Bertz CT molecular complexity index is 3600. The number of hydrogen-bond acceptors (Lipinski definition) is 3. The number of rotatable bonds is 9. The highest BCUT2D eigenvalue weighted by molar-refractivity contribution is 6.15. The van der Waals surface area contributed by atoms with Crippen LogP contribution in [0.3, 0.4) is 0 Å². The van der Waals surface area contributed by atoms with Crippen molar-refractivity contribution >= 4 is 21.8 Å². The summed E-state index contributed by atoms with van der Waals surface area (Å²) in [6.45, 7) is 4.00. The molecule has 69 heavy (non-hydrogen) atoms. The summed E-state index contributed by atoms with van der Waals surface area (Å²) in [6.07, 6.45) is 0. The Morgan fingerprint density at radius 2 is 0.609 bits per heavy atom. The average molecular weight is 885 g/mol. The van der Waals surface area contributed by atoms with Crippen LogP contribution in [0.1, 0.15) is 13.8 Å². The van der Waals surface area contributed by atoms with Crippen LogP contribution in [0.15, 0.2) is 255 Å². The molecule has 0 spiro atoms. The molecule has 0 radical (unpaired) electrons. The lowest BCUT2D eigenvalue weighted by atomic mass is 9.90. The SMILES string of the molecule is CC.c1ccc(-c2cccc(-c3cc(-c4cccc(-c5cc(-c6ccccc6)cc(-c6ccccc6)c5)c4)c4c(c3)c3ccccc3n4-c3nc(-c4ccccc4)nc(-c4ccccc4)n3)c2)cc1. The van der Waals surface area contributed by atoms with Crippen LogP contribution in [-0.4, -0.2) is 19.5 Å². The largest absolute Gasteiger partial charge is 0.277 e. The zero-order valence-electron chi connectivity index (χ0n) is 38.5. The highest BCUT2D eigenvalue weighted by Crippen LogP contribution is 2.43. The number of para-hydroxylation sites is 1. The van der Waals surface area contributed by atoms with E-state index in [4.69, 9.17) is 15.0 Å². The first kappa shape index (κ1) is 42.6. The van der Waals surface area contributed by atoms with E-state index in [9.17, 15) is 0 Å². The van der Waals surface area contributed by atoms with E-state index in [1.54, 1.807) is 0 Å². The topological polar surface area (TPSA) is 43.6 Å². The first-order chi connectivity index (χ1) is 34.2. The maximum absolute atomic E-state index is 5.32. The number of nitrogens with zero attached hydrogens (tertiary/aromatic N) is 4. The van der Waals surface area contributed by atoms with Gasteiger partial charge in [0.25, 0.3) is 0 Å². The third-order valence-electron chi connectivity index (χ3n) is 12.6. The molecule has 0 aliphatic carbocycles. The van der Waals surface area contributed by atoms with Crippen LogP contribution < -0.4 is 0 Å². The predicted octanol–water partition coefficient (Wildman–Crippen LogP) is 17.3. The van der Waals surface area contributed by atoms with Gasteiger partial charge in [-0.05, 0) is 110 Å². The van der Waals surface area contributed by atoms with Gasteiger partial charge in [0.05, 0.1) is 11.0 Å². The zero-order valence-corrected chi connectivity index (χ0v) is 38.5. The van der Waals surface area contributed by atoms with Crippen molar-refractivity contribution in [3.05, 3.63) is 255 Å². The number of benzene rings is 10. The second kappa shape index (κ2) is 19.1. The fourth-order valence-electron chi connectivity index (χ4n) is 9.35. The van der Waals surface area contributed by atoms with Gasteiger partial charge in [-0.15, -0.1) is 0 Å². The van der Waals surface area contributed by atoms with Gasteiger partial charge in [-0.2, -0.15) is 9.97 Å². The van der Waals surface area contributed by atoms with Gasteiger partial charge in [0.1, 0.15) is 0 Å². The van der Waals surface area contributed by atoms with Crippen LogP contribution in [0.25, 0.3) is 117 Å². The molecule has 0 amide bonds. The lowest BCUT2D eigenvalue weighted by Crippen LogP contribution is -2.07. The third kappa shape index (κ3) is 8.52. The Balaban J connectivity index is 0.00000257.